The average molecular weight is 614 g/mol. The van der Waals surface area contributed by atoms with Crippen LogP contribution in [0.25, 0.3) is 11.2 Å². The summed E-state index contributed by atoms with van der Waals surface area (Å²) in [6.07, 6.45) is 4.99. The van der Waals surface area contributed by atoms with Gasteiger partial charge >= 0.3 is 7.15 Å². The van der Waals surface area contributed by atoms with E-state index in [1.54, 1.807) is 10.9 Å². The molecule has 2 fully saturated rings. The summed E-state index contributed by atoms with van der Waals surface area (Å²) in [4.78, 5) is 23.4. The fourth-order valence-electron chi connectivity index (χ4n) is 4.81. The lowest BCUT2D eigenvalue weighted by molar-refractivity contribution is -0.0371. The number of aromatic amines is 1. The second-order valence-corrected chi connectivity index (χ2v) is 20.2. The number of fused-ring (bicyclic) bond motifs is 1. The first kappa shape index (κ1) is 31.0. The third-order valence-corrected chi connectivity index (χ3v) is 15.0. The number of aromatic nitrogens is 4. The predicted octanol–water partition coefficient (Wildman–Crippen LogP) is 6.04. The van der Waals surface area contributed by atoms with Crippen molar-refractivity contribution in [1.29, 1.82) is 0 Å². The van der Waals surface area contributed by atoms with Crippen LogP contribution in [0.15, 0.2) is 29.6 Å². The highest BCUT2D eigenvalue weighted by Crippen LogP contribution is 2.47. The molecule has 2 aromatic heterocycles. The van der Waals surface area contributed by atoms with Crippen LogP contribution in [0.5, 0.6) is 0 Å². The maximum atomic E-state index is 12.2. The van der Waals surface area contributed by atoms with Gasteiger partial charge in [0.2, 0.25) is 11.8 Å². The van der Waals surface area contributed by atoms with Crippen molar-refractivity contribution in [2.45, 2.75) is 108 Å². The van der Waals surface area contributed by atoms with Crippen LogP contribution >= 0.6 is 19.8 Å². The highest BCUT2D eigenvalue weighted by molar-refractivity contribution is 8.00. The lowest BCUT2D eigenvalue weighted by Crippen LogP contribution is -2.44. The van der Waals surface area contributed by atoms with Gasteiger partial charge in [-0.3, -0.25) is 9.36 Å². The highest BCUT2D eigenvalue weighted by Gasteiger charge is 2.47. The van der Waals surface area contributed by atoms with E-state index in [9.17, 15) is 4.79 Å². The van der Waals surface area contributed by atoms with Crippen LogP contribution in [0.3, 0.4) is 0 Å². The zero-order valence-electron chi connectivity index (χ0n) is 24.0. The topological polar surface area (TPSA) is 100 Å². The maximum Gasteiger partial charge on any atom is 0.522 e. The van der Waals surface area contributed by atoms with E-state index in [1.165, 1.54) is 6.33 Å². The minimum absolute atomic E-state index is 0.0540. The fourth-order valence-corrected chi connectivity index (χ4v) is 7.86. The monoisotopic (exact) mass is 613 g/mol. The summed E-state index contributed by atoms with van der Waals surface area (Å²) in [6, 6.07) is 0. The van der Waals surface area contributed by atoms with Crippen molar-refractivity contribution < 1.29 is 18.2 Å². The molecule has 1 aliphatic carbocycles. The van der Waals surface area contributed by atoms with Crippen molar-refractivity contribution in [3.05, 3.63) is 35.2 Å². The Morgan fingerprint density at radius 2 is 2.08 bits per heavy atom. The molecule has 4 rings (SSSR count). The Bertz CT molecular complexity index is 1280. The van der Waals surface area contributed by atoms with E-state index in [0.717, 1.165) is 24.8 Å². The van der Waals surface area contributed by atoms with Gasteiger partial charge in [0.15, 0.2) is 19.5 Å². The van der Waals surface area contributed by atoms with E-state index in [0.29, 0.717) is 24.6 Å². The van der Waals surface area contributed by atoms with E-state index in [2.05, 4.69) is 69.2 Å². The number of hydrogen-bond acceptors (Lipinski definition) is 9. The third kappa shape index (κ3) is 6.92. The molecule has 1 saturated heterocycles. The first-order valence-corrected chi connectivity index (χ1v) is 19.0. The molecule has 0 aromatic carbocycles. The second-order valence-electron chi connectivity index (χ2n) is 12.6. The number of rotatable bonds is 9. The summed E-state index contributed by atoms with van der Waals surface area (Å²) in [7, 11) is -3.67. The number of ether oxygens (including phenoxy) is 1. The SMILES string of the molecule is C=C(C)[C@H]1CC[C@@](C)(S)[C@H](O[P+](=S)O[C@H]2C[C@H](n3cnc4c(=O)[nH]cnc43)O[C@@H]2CO[Si](C)(C)C(C)(C)C)C1. The molecule has 7 atom stereocenters. The molecule has 2 aliphatic rings. The van der Waals surface area contributed by atoms with Crippen LogP contribution in [0.4, 0.5) is 0 Å². The molecule has 3 heterocycles. The summed E-state index contributed by atoms with van der Waals surface area (Å²) in [5.74, 6) is 0.392. The van der Waals surface area contributed by atoms with E-state index >= 15 is 0 Å². The van der Waals surface area contributed by atoms with E-state index < -0.39 is 21.7 Å². The van der Waals surface area contributed by atoms with Crippen molar-refractivity contribution in [3.63, 3.8) is 0 Å². The van der Waals surface area contributed by atoms with Gasteiger partial charge in [-0.25, -0.2) is 9.97 Å². The Kier molecular flexibility index (Phi) is 9.30. The van der Waals surface area contributed by atoms with Crippen LogP contribution in [0.1, 0.15) is 66.5 Å². The Morgan fingerprint density at radius 3 is 2.74 bits per heavy atom. The van der Waals surface area contributed by atoms with E-state index in [1.807, 2.05) is 0 Å². The molecule has 1 N–H and O–H groups in total. The van der Waals surface area contributed by atoms with Gasteiger partial charge in [-0.15, -0.1) is 9.05 Å². The summed E-state index contributed by atoms with van der Waals surface area (Å²) < 4.78 is 27.3. The zero-order chi connectivity index (χ0) is 28.8. The molecule has 9 nitrogen and oxygen atoms in total. The van der Waals surface area contributed by atoms with Crippen LogP contribution in [0, 0.1) is 5.92 Å². The minimum Gasteiger partial charge on any atom is -0.414 e. The van der Waals surface area contributed by atoms with Gasteiger partial charge in [0.1, 0.15) is 24.5 Å². The Balaban J connectivity index is 1.52. The quantitative estimate of drug-likeness (QED) is 0.153. The summed E-state index contributed by atoms with van der Waals surface area (Å²) >= 11 is 10.7. The average Bonchev–Trinajstić information content (AvgIpc) is 3.43. The molecule has 0 spiro atoms. The second kappa shape index (κ2) is 11.7. The normalized spacial score (nSPS) is 30.6. The minimum atomic E-state index is -2.04. The van der Waals surface area contributed by atoms with Crippen molar-refractivity contribution >= 4 is 51.1 Å². The van der Waals surface area contributed by atoms with Gasteiger partial charge in [0, 0.05) is 11.2 Å². The molecule has 1 unspecified atom stereocenters. The number of allylic oxidation sites excluding steroid dienone is 1. The Morgan fingerprint density at radius 1 is 1.36 bits per heavy atom. The van der Waals surface area contributed by atoms with Gasteiger partial charge in [-0.1, -0.05) is 32.9 Å². The molecule has 0 radical (unpaired) electrons. The Labute approximate surface area is 243 Å². The van der Waals surface area contributed by atoms with Crippen molar-refractivity contribution in [2.24, 2.45) is 5.92 Å². The third-order valence-electron chi connectivity index (χ3n) is 8.59. The van der Waals surface area contributed by atoms with Crippen molar-refractivity contribution in [3.8, 4) is 0 Å². The number of hydrogen-bond donors (Lipinski definition) is 2. The van der Waals surface area contributed by atoms with E-state index in [-0.39, 0.29) is 39.2 Å². The predicted molar refractivity (Wildman–Crippen MR) is 163 cm³/mol. The van der Waals surface area contributed by atoms with E-state index in [4.69, 9.17) is 42.6 Å². The number of thiol groups is 1. The molecule has 39 heavy (non-hydrogen) atoms. The van der Waals surface area contributed by atoms with Crippen LogP contribution in [0.2, 0.25) is 18.1 Å². The van der Waals surface area contributed by atoms with Crippen LogP contribution < -0.4 is 5.56 Å². The summed E-state index contributed by atoms with van der Waals surface area (Å²) in [5, 5.41) is 0.0540. The molecule has 2 aromatic rings. The molecule has 1 saturated carbocycles. The van der Waals surface area contributed by atoms with Crippen LogP contribution in [-0.4, -0.2) is 57.5 Å². The van der Waals surface area contributed by atoms with Crippen molar-refractivity contribution in [2.75, 3.05) is 6.61 Å². The van der Waals surface area contributed by atoms with Gasteiger partial charge in [0.05, 0.1) is 19.3 Å². The highest BCUT2D eigenvalue weighted by atomic mass is 32.4. The maximum absolute atomic E-state index is 12.2. The smallest absolute Gasteiger partial charge is 0.414 e. The molecule has 1 aliphatic heterocycles. The first-order valence-electron chi connectivity index (χ1n) is 13.5. The fraction of sp³-hybridized carbons (Fsp3) is 0.731. The number of H-pyrrole nitrogens is 1. The molecule has 13 heteroatoms. The molecular weight excluding hydrogens is 572 g/mol. The molecule has 0 amide bonds. The molecule has 216 valence electrons. The first-order chi connectivity index (χ1) is 18.1. The van der Waals surface area contributed by atoms with Crippen LogP contribution in [-0.2, 0) is 30.0 Å². The van der Waals surface area contributed by atoms with Gasteiger partial charge in [-0.2, -0.15) is 12.6 Å². The van der Waals surface area contributed by atoms with Gasteiger partial charge < -0.3 is 14.1 Å². The van der Waals surface area contributed by atoms with Gasteiger partial charge in [0.25, 0.3) is 5.56 Å². The zero-order valence-corrected chi connectivity index (χ0v) is 27.6. The largest absolute Gasteiger partial charge is 0.522 e. The van der Waals surface area contributed by atoms with Gasteiger partial charge in [-0.05, 0) is 57.2 Å². The van der Waals surface area contributed by atoms with Crippen molar-refractivity contribution in [1.82, 2.24) is 19.5 Å². The summed E-state index contributed by atoms with van der Waals surface area (Å²) in [6.45, 7) is 19.8. The number of nitrogens with one attached hydrogen (secondary N) is 1. The summed E-state index contributed by atoms with van der Waals surface area (Å²) in [5.41, 5.74) is 1.60. The lowest BCUT2D eigenvalue weighted by Gasteiger charge is -2.38. The Hall–Kier alpha value is -0.983. The number of imidazole rings is 1. The standard InChI is InChI=1S/C26H41N4O5PS2Si/c1-16(2)17-9-10-26(6,37)20(11-17)35-36(38)34-18-12-21(30-15-29-22-23(30)27-14-28-24(22)31)33-19(18)13-32-39(7,8)25(3,4)5/h14-15,17-21H,1,9-13H2,2-8H3,(H-,27,28,31,37)/p+1/t17-,18-,19+,20+,21+,26+/m0/s1. The molecule has 0 bridgehead atoms. The molecular formula is C26H42N4O5PS2Si+. The lowest BCUT2D eigenvalue weighted by atomic mass is 9.77. The number of nitrogens with zero attached hydrogens (tertiary/aromatic N) is 3.